The van der Waals surface area contributed by atoms with Crippen molar-refractivity contribution in [1.82, 2.24) is 10.2 Å². The average Bonchev–Trinajstić information content (AvgIpc) is 3.13. The third-order valence-electron chi connectivity index (χ3n) is 5.83. The number of nitrogens with one attached hydrogen (secondary N) is 1. The van der Waals surface area contributed by atoms with E-state index in [1.54, 1.807) is 0 Å². The lowest BCUT2D eigenvalue weighted by Gasteiger charge is -2.49. The van der Waals surface area contributed by atoms with Gasteiger partial charge in [-0.2, -0.15) is 0 Å². The molecule has 1 saturated carbocycles. The van der Waals surface area contributed by atoms with Crippen LogP contribution in [0.3, 0.4) is 0 Å². The van der Waals surface area contributed by atoms with E-state index in [2.05, 4.69) is 31.0 Å². The molecule has 0 spiro atoms. The van der Waals surface area contributed by atoms with Crippen LogP contribution in [0.25, 0.3) is 0 Å². The fourth-order valence-electron chi connectivity index (χ4n) is 4.80. The van der Waals surface area contributed by atoms with Crippen LogP contribution in [-0.4, -0.2) is 36.1 Å². The van der Waals surface area contributed by atoms with Gasteiger partial charge in [0.1, 0.15) is 0 Å². The van der Waals surface area contributed by atoms with Gasteiger partial charge >= 0.3 is 0 Å². The maximum atomic E-state index is 3.90. The van der Waals surface area contributed by atoms with Gasteiger partial charge in [-0.25, -0.2) is 0 Å². The highest BCUT2D eigenvalue weighted by Gasteiger charge is 2.45. The van der Waals surface area contributed by atoms with Crippen LogP contribution in [0.4, 0.5) is 0 Å². The van der Waals surface area contributed by atoms with Gasteiger partial charge in [0.05, 0.1) is 0 Å². The molecule has 2 aliphatic rings. The molecular weight excluding hydrogens is 232 g/mol. The zero-order valence-corrected chi connectivity index (χ0v) is 13.4. The normalized spacial score (nSPS) is 24.2. The molecule has 2 rings (SSSR count). The van der Waals surface area contributed by atoms with Crippen molar-refractivity contribution in [2.24, 2.45) is 5.92 Å². The first-order chi connectivity index (χ1) is 9.28. The topological polar surface area (TPSA) is 15.3 Å². The quantitative estimate of drug-likeness (QED) is 0.754. The zero-order valence-electron chi connectivity index (χ0n) is 13.4. The van der Waals surface area contributed by atoms with E-state index in [0.29, 0.717) is 11.6 Å². The minimum atomic E-state index is 0.418. The zero-order chi connectivity index (χ0) is 13.7. The molecule has 2 nitrogen and oxygen atoms in total. The summed E-state index contributed by atoms with van der Waals surface area (Å²) in [7, 11) is 0. The summed E-state index contributed by atoms with van der Waals surface area (Å²) in [6, 6.07) is 0.716. The minimum absolute atomic E-state index is 0.418. The summed E-state index contributed by atoms with van der Waals surface area (Å²) in [5.74, 6) is 0.917. The molecule has 1 aliphatic heterocycles. The summed E-state index contributed by atoms with van der Waals surface area (Å²) in [5, 5.41) is 3.90. The Bertz CT molecular complexity index is 248. The summed E-state index contributed by atoms with van der Waals surface area (Å²) in [5.41, 5.74) is 0.418. The van der Waals surface area contributed by atoms with Gasteiger partial charge in [-0.05, 0) is 64.1 Å². The van der Waals surface area contributed by atoms with Gasteiger partial charge in [-0.3, -0.25) is 4.90 Å². The number of likely N-dealkylation sites (tertiary alicyclic amines) is 1. The second-order valence-electron chi connectivity index (χ2n) is 6.58. The fraction of sp³-hybridized carbons (Fsp3) is 1.00. The Morgan fingerprint density at radius 1 is 1.00 bits per heavy atom. The second-order valence-corrected chi connectivity index (χ2v) is 6.58. The van der Waals surface area contributed by atoms with Crippen LogP contribution in [0.2, 0.25) is 0 Å². The molecule has 1 heterocycles. The Hall–Kier alpha value is -0.0800. The van der Waals surface area contributed by atoms with Crippen molar-refractivity contribution < 1.29 is 0 Å². The van der Waals surface area contributed by atoms with Crippen LogP contribution < -0.4 is 5.32 Å². The van der Waals surface area contributed by atoms with E-state index < -0.39 is 0 Å². The largest absolute Gasteiger partial charge is 0.312 e. The minimum Gasteiger partial charge on any atom is -0.312 e. The fourth-order valence-corrected chi connectivity index (χ4v) is 4.80. The first kappa shape index (κ1) is 15.3. The first-order valence-electron chi connectivity index (χ1n) is 8.77. The van der Waals surface area contributed by atoms with Crippen molar-refractivity contribution >= 4 is 0 Å². The lowest BCUT2D eigenvalue weighted by molar-refractivity contribution is 0.0388. The third-order valence-corrected chi connectivity index (χ3v) is 5.83. The van der Waals surface area contributed by atoms with Gasteiger partial charge in [-0.1, -0.05) is 33.6 Å². The van der Waals surface area contributed by atoms with E-state index in [9.17, 15) is 0 Å². The highest BCUT2D eigenvalue weighted by molar-refractivity contribution is 5.03. The maximum Gasteiger partial charge on any atom is 0.0359 e. The molecule has 0 bridgehead atoms. The average molecular weight is 266 g/mol. The van der Waals surface area contributed by atoms with Crippen LogP contribution in [-0.2, 0) is 0 Å². The summed E-state index contributed by atoms with van der Waals surface area (Å²) in [6.45, 7) is 10.9. The Labute approximate surface area is 120 Å². The molecule has 1 atom stereocenters. The monoisotopic (exact) mass is 266 g/mol. The van der Waals surface area contributed by atoms with E-state index in [1.807, 2.05) is 0 Å². The number of hydrogen-bond donors (Lipinski definition) is 1. The van der Waals surface area contributed by atoms with Crippen LogP contribution in [0.1, 0.15) is 72.1 Å². The maximum absolute atomic E-state index is 3.90. The van der Waals surface area contributed by atoms with Crippen molar-refractivity contribution in [3.05, 3.63) is 0 Å². The Morgan fingerprint density at radius 2 is 1.58 bits per heavy atom. The highest BCUT2D eigenvalue weighted by Crippen LogP contribution is 2.39. The predicted octanol–water partition coefficient (Wildman–Crippen LogP) is 3.81. The van der Waals surface area contributed by atoms with Crippen molar-refractivity contribution in [3.8, 4) is 0 Å². The van der Waals surface area contributed by atoms with Gasteiger partial charge < -0.3 is 5.32 Å². The molecule has 0 radical (unpaired) electrons. The number of nitrogens with zero attached hydrogens (tertiary/aromatic N) is 1. The van der Waals surface area contributed by atoms with E-state index in [4.69, 9.17) is 0 Å². The molecule has 0 aromatic carbocycles. The Morgan fingerprint density at radius 3 is 2.05 bits per heavy atom. The van der Waals surface area contributed by atoms with Crippen molar-refractivity contribution in [2.75, 3.05) is 19.6 Å². The van der Waals surface area contributed by atoms with E-state index >= 15 is 0 Å². The van der Waals surface area contributed by atoms with Gasteiger partial charge in [-0.15, -0.1) is 0 Å². The molecule has 19 heavy (non-hydrogen) atoms. The van der Waals surface area contributed by atoms with Crippen LogP contribution >= 0.6 is 0 Å². The lowest BCUT2D eigenvalue weighted by atomic mass is 9.75. The van der Waals surface area contributed by atoms with Gasteiger partial charge in [0.2, 0.25) is 0 Å². The molecule has 1 N–H and O–H groups in total. The van der Waals surface area contributed by atoms with Crippen molar-refractivity contribution in [2.45, 2.75) is 83.7 Å². The standard InChI is InChI=1S/C17H34N2/c1-4-17(5-2,19-13-9-10-14-19)16(18-6-3)15-11-7-8-12-15/h15-16,18H,4-14H2,1-3H3. The molecule has 0 aromatic heterocycles. The van der Waals surface area contributed by atoms with E-state index in [1.165, 1.54) is 64.5 Å². The molecule has 2 fully saturated rings. The number of likely N-dealkylation sites (N-methyl/N-ethyl adjacent to an activating group) is 1. The molecule has 0 amide bonds. The summed E-state index contributed by atoms with van der Waals surface area (Å²) >= 11 is 0. The van der Waals surface area contributed by atoms with Crippen molar-refractivity contribution in [3.63, 3.8) is 0 Å². The molecular formula is C17H34N2. The molecule has 1 unspecified atom stereocenters. The molecule has 1 saturated heterocycles. The van der Waals surface area contributed by atoms with Crippen molar-refractivity contribution in [1.29, 1.82) is 0 Å². The van der Waals surface area contributed by atoms with E-state index in [0.717, 1.165) is 12.5 Å². The Balaban J connectivity index is 2.20. The first-order valence-corrected chi connectivity index (χ1v) is 8.77. The number of hydrogen-bond acceptors (Lipinski definition) is 2. The summed E-state index contributed by atoms with van der Waals surface area (Å²) < 4.78 is 0. The van der Waals surface area contributed by atoms with E-state index in [-0.39, 0.29) is 0 Å². The predicted molar refractivity (Wildman–Crippen MR) is 83.5 cm³/mol. The van der Waals surface area contributed by atoms with Crippen LogP contribution in [0, 0.1) is 5.92 Å². The van der Waals surface area contributed by atoms with Crippen LogP contribution in [0.5, 0.6) is 0 Å². The highest BCUT2D eigenvalue weighted by atomic mass is 15.2. The second kappa shape index (κ2) is 7.08. The van der Waals surface area contributed by atoms with Gasteiger partial charge in [0.15, 0.2) is 0 Å². The lowest BCUT2D eigenvalue weighted by Crippen LogP contribution is -2.62. The molecule has 1 aliphatic carbocycles. The Kier molecular flexibility index (Phi) is 5.70. The molecule has 112 valence electrons. The molecule has 2 heteroatoms. The van der Waals surface area contributed by atoms with Crippen LogP contribution in [0.15, 0.2) is 0 Å². The molecule has 0 aromatic rings. The SMILES string of the molecule is CCNC(C1CCCC1)C(CC)(CC)N1CCCC1. The summed E-state index contributed by atoms with van der Waals surface area (Å²) in [6.07, 6.45) is 11.2. The van der Waals surface area contributed by atoms with Gasteiger partial charge in [0, 0.05) is 11.6 Å². The third kappa shape index (κ3) is 3.00. The smallest absolute Gasteiger partial charge is 0.0359 e. The van der Waals surface area contributed by atoms with Gasteiger partial charge in [0.25, 0.3) is 0 Å². The number of rotatable bonds is 7. The summed E-state index contributed by atoms with van der Waals surface area (Å²) in [4.78, 5) is 2.83.